The Morgan fingerprint density at radius 3 is 2.62 bits per heavy atom. The minimum atomic E-state index is -0.0691. The summed E-state index contributed by atoms with van der Waals surface area (Å²) in [6.45, 7) is 0.950. The first kappa shape index (κ1) is 16.1. The van der Waals surface area contributed by atoms with Gasteiger partial charge in [-0.2, -0.15) is 0 Å². The van der Waals surface area contributed by atoms with Crippen molar-refractivity contribution in [3.05, 3.63) is 97.1 Å². The number of para-hydroxylation sites is 1. The molecule has 0 radical (unpaired) electrons. The monoisotopic (exact) mass is 341 g/mol. The number of amides is 1. The maximum absolute atomic E-state index is 12.2. The van der Waals surface area contributed by atoms with E-state index in [1.165, 1.54) is 16.3 Å². The van der Waals surface area contributed by atoms with Crippen LogP contribution in [0.5, 0.6) is 0 Å². The van der Waals surface area contributed by atoms with E-state index in [1.54, 1.807) is 4.57 Å². The molecule has 26 heavy (non-hydrogen) atoms. The normalized spacial score (nSPS) is 10.8. The van der Waals surface area contributed by atoms with E-state index in [4.69, 9.17) is 0 Å². The van der Waals surface area contributed by atoms with E-state index in [0.717, 1.165) is 5.69 Å². The number of imidazole rings is 1. The third kappa shape index (κ3) is 3.64. The SMILES string of the molecule is O=C(Cn1[c-][n+](Cc2cccc3ccccc23)cc1)Nc1ccccc1. The quantitative estimate of drug-likeness (QED) is 0.438. The maximum atomic E-state index is 12.2. The standard InChI is InChI=1S/C22H19N3O/c26-22(23-20-10-2-1-3-11-20)16-25-14-13-24(17-25)15-19-9-6-8-18-7-4-5-12-21(18)19/h1-14H,15-16H2,(H,23,26). The number of anilines is 1. The van der Waals surface area contributed by atoms with Crippen LogP contribution in [0.4, 0.5) is 5.69 Å². The van der Waals surface area contributed by atoms with Crippen molar-refractivity contribution in [2.24, 2.45) is 0 Å². The van der Waals surface area contributed by atoms with Gasteiger partial charge in [-0.3, -0.25) is 4.79 Å². The summed E-state index contributed by atoms with van der Waals surface area (Å²) in [5.74, 6) is -0.0691. The average molecular weight is 341 g/mol. The van der Waals surface area contributed by atoms with Crippen LogP contribution in [-0.2, 0) is 17.9 Å². The molecule has 3 aromatic carbocycles. The van der Waals surface area contributed by atoms with Gasteiger partial charge < -0.3 is 14.5 Å². The van der Waals surface area contributed by atoms with Gasteiger partial charge in [0.2, 0.25) is 6.33 Å². The lowest BCUT2D eigenvalue weighted by Gasteiger charge is -2.07. The molecule has 0 unspecified atom stereocenters. The van der Waals surface area contributed by atoms with E-state index < -0.39 is 0 Å². The molecule has 1 heterocycles. The second-order valence-corrected chi connectivity index (χ2v) is 6.21. The molecule has 1 aromatic heterocycles. The molecule has 1 N–H and O–H groups in total. The number of nitrogens with zero attached hydrogens (tertiary/aromatic N) is 2. The van der Waals surface area contributed by atoms with Gasteiger partial charge >= 0.3 is 0 Å². The molecule has 0 bridgehead atoms. The highest BCUT2D eigenvalue weighted by Crippen LogP contribution is 2.18. The van der Waals surface area contributed by atoms with Crippen LogP contribution in [0.2, 0.25) is 0 Å². The highest BCUT2D eigenvalue weighted by molar-refractivity contribution is 5.90. The molecule has 0 aliphatic carbocycles. The van der Waals surface area contributed by atoms with Crippen LogP contribution in [0.1, 0.15) is 5.56 Å². The molecule has 0 saturated carbocycles. The molecule has 0 fully saturated rings. The summed E-state index contributed by atoms with van der Waals surface area (Å²) < 4.78 is 3.74. The Kier molecular flexibility index (Phi) is 4.48. The average Bonchev–Trinajstić information content (AvgIpc) is 3.09. The number of benzene rings is 3. The van der Waals surface area contributed by atoms with Crippen LogP contribution >= 0.6 is 0 Å². The lowest BCUT2D eigenvalue weighted by molar-refractivity contribution is -0.691. The van der Waals surface area contributed by atoms with Crippen molar-refractivity contribution in [3.8, 4) is 0 Å². The van der Waals surface area contributed by atoms with Gasteiger partial charge in [-0.15, -0.1) is 0 Å². The zero-order chi connectivity index (χ0) is 17.8. The fraction of sp³-hybridized carbons (Fsp3) is 0.0909. The van der Waals surface area contributed by atoms with Crippen molar-refractivity contribution >= 4 is 22.4 Å². The van der Waals surface area contributed by atoms with E-state index in [2.05, 4.69) is 48.0 Å². The van der Waals surface area contributed by atoms with Crippen molar-refractivity contribution in [2.45, 2.75) is 13.1 Å². The van der Waals surface area contributed by atoms with Gasteiger partial charge in [0.15, 0.2) is 0 Å². The van der Waals surface area contributed by atoms with Crippen LogP contribution < -0.4 is 9.88 Å². The summed E-state index contributed by atoms with van der Waals surface area (Å²) in [7, 11) is 0. The second kappa shape index (κ2) is 7.23. The summed E-state index contributed by atoms with van der Waals surface area (Å²) in [4.78, 5) is 12.2. The molecule has 4 heteroatoms. The van der Waals surface area contributed by atoms with Gasteiger partial charge in [0.05, 0.1) is 6.54 Å². The number of carbonyl (C=O) groups excluding carboxylic acids is 1. The van der Waals surface area contributed by atoms with E-state index in [1.807, 2.05) is 53.4 Å². The van der Waals surface area contributed by atoms with E-state index >= 15 is 0 Å². The third-order valence-corrected chi connectivity index (χ3v) is 4.28. The van der Waals surface area contributed by atoms with Gasteiger partial charge in [0.25, 0.3) is 5.91 Å². The zero-order valence-corrected chi connectivity index (χ0v) is 14.3. The Morgan fingerprint density at radius 2 is 1.73 bits per heavy atom. The lowest BCUT2D eigenvalue weighted by atomic mass is 10.0. The van der Waals surface area contributed by atoms with Crippen LogP contribution in [-0.4, -0.2) is 10.5 Å². The third-order valence-electron chi connectivity index (χ3n) is 4.28. The Balaban J connectivity index is 1.45. The molecule has 0 aliphatic heterocycles. The number of hydrogen-bond acceptors (Lipinski definition) is 1. The van der Waals surface area contributed by atoms with Crippen LogP contribution in [0.25, 0.3) is 10.8 Å². The lowest BCUT2D eigenvalue weighted by Crippen LogP contribution is -2.32. The molecular weight excluding hydrogens is 322 g/mol. The van der Waals surface area contributed by atoms with Crippen molar-refractivity contribution in [1.82, 2.24) is 4.57 Å². The largest absolute Gasteiger partial charge is 0.347 e. The molecule has 0 spiro atoms. The molecule has 1 amide bonds. The Hall–Kier alpha value is -3.40. The summed E-state index contributed by atoms with van der Waals surface area (Å²) in [6.07, 6.45) is 7.03. The molecule has 0 saturated heterocycles. The predicted molar refractivity (Wildman–Crippen MR) is 102 cm³/mol. The summed E-state index contributed by atoms with van der Waals surface area (Å²) in [6, 6.07) is 24.1. The van der Waals surface area contributed by atoms with E-state index in [9.17, 15) is 4.79 Å². The maximum Gasteiger partial charge on any atom is 0.264 e. The highest BCUT2D eigenvalue weighted by atomic mass is 16.1. The van der Waals surface area contributed by atoms with Gasteiger partial charge in [-0.05, 0) is 40.9 Å². The Morgan fingerprint density at radius 1 is 0.962 bits per heavy atom. The first-order valence-electron chi connectivity index (χ1n) is 8.57. The topological polar surface area (TPSA) is 37.9 Å². The minimum absolute atomic E-state index is 0.0691. The predicted octanol–water partition coefficient (Wildman–Crippen LogP) is 3.42. The summed E-state index contributed by atoms with van der Waals surface area (Å²) >= 11 is 0. The Bertz CT molecular complexity index is 1030. The van der Waals surface area contributed by atoms with E-state index in [-0.39, 0.29) is 12.5 Å². The molecule has 128 valence electrons. The number of fused-ring (bicyclic) bond motifs is 1. The fourth-order valence-electron chi connectivity index (χ4n) is 3.06. The van der Waals surface area contributed by atoms with Crippen LogP contribution in [0.15, 0.2) is 85.2 Å². The van der Waals surface area contributed by atoms with Crippen LogP contribution in [0, 0.1) is 6.33 Å². The van der Waals surface area contributed by atoms with Crippen molar-refractivity contribution in [3.63, 3.8) is 0 Å². The van der Waals surface area contributed by atoms with Gasteiger partial charge in [-0.1, -0.05) is 60.7 Å². The number of carbonyl (C=O) groups is 1. The van der Waals surface area contributed by atoms with Crippen molar-refractivity contribution < 1.29 is 9.36 Å². The first-order chi connectivity index (χ1) is 12.8. The zero-order valence-electron chi connectivity index (χ0n) is 14.3. The van der Waals surface area contributed by atoms with Crippen LogP contribution in [0.3, 0.4) is 0 Å². The molecule has 0 atom stereocenters. The molecule has 0 aliphatic rings. The minimum Gasteiger partial charge on any atom is -0.347 e. The van der Waals surface area contributed by atoms with Crippen molar-refractivity contribution in [2.75, 3.05) is 5.32 Å². The highest BCUT2D eigenvalue weighted by Gasteiger charge is 2.07. The fourth-order valence-corrected chi connectivity index (χ4v) is 3.06. The Labute approximate surface area is 152 Å². The molecule has 4 aromatic rings. The number of aromatic nitrogens is 2. The summed E-state index contributed by atoms with van der Waals surface area (Å²) in [5, 5.41) is 5.35. The first-order valence-corrected chi connectivity index (χ1v) is 8.57. The molecule has 4 rings (SSSR count). The molecule has 4 nitrogen and oxygen atoms in total. The summed E-state index contributed by atoms with van der Waals surface area (Å²) in [5.41, 5.74) is 2.03. The number of hydrogen-bond donors (Lipinski definition) is 1. The van der Waals surface area contributed by atoms with Gasteiger partial charge in [0.1, 0.15) is 6.54 Å². The molecular formula is C22H19N3O. The number of nitrogens with one attached hydrogen (secondary N) is 1. The number of rotatable bonds is 5. The van der Waals surface area contributed by atoms with Gasteiger partial charge in [0, 0.05) is 5.69 Å². The second-order valence-electron chi connectivity index (χ2n) is 6.21. The smallest absolute Gasteiger partial charge is 0.264 e. The van der Waals surface area contributed by atoms with Gasteiger partial charge in [-0.25, -0.2) is 0 Å². The van der Waals surface area contributed by atoms with Crippen molar-refractivity contribution in [1.29, 1.82) is 0 Å². The van der Waals surface area contributed by atoms with E-state index in [0.29, 0.717) is 6.54 Å².